The maximum atomic E-state index is 11.5. The van der Waals surface area contributed by atoms with Crippen LogP contribution in [0.3, 0.4) is 0 Å². The van der Waals surface area contributed by atoms with Gasteiger partial charge in [-0.2, -0.15) is 0 Å². The van der Waals surface area contributed by atoms with E-state index in [4.69, 9.17) is 0 Å². The van der Waals surface area contributed by atoms with Crippen molar-refractivity contribution in [3.05, 3.63) is 54.5 Å². The molecular weight excluding hydrogens is 326 g/mol. The molecule has 1 aliphatic heterocycles. The number of fused-ring (bicyclic) bond motifs is 1. The van der Waals surface area contributed by atoms with Crippen LogP contribution >= 0.6 is 0 Å². The average Bonchev–Trinajstić information content (AvgIpc) is 3.11. The molecule has 2 aromatic heterocycles. The highest BCUT2D eigenvalue weighted by Crippen LogP contribution is 2.20. The Balaban J connectivity index is 1.50. The summed E-state index contributed by atoms with van der Waals surface area (Å²) < 4.78 is 2.05. The van der Waals surface area contributed by atoms with Gasteiger partial charge < -0.3 is 10.2 Å². The van der Waals surface area contributed by atoms with Gasteiger partial charge in [-0.1, -0.05) is 18.2 Å². The quantitative estimate of drug-likeness (QED) is 0.786. The Morgan fingerprint density at radius 3 is 2.77 bits per heavy atom. The molecule has 1 N–H and O–H groups in total. The Kier molecular flexibility index (Phi) is 4.67. The summed E-state index contributed by atoms with van der Waals surface area (Å²) in [5.41, 5.74) is 3.17. The van der Waals surface area contributed by atoms with Crippen molar-refractivity contribution in [2.45, 2.75) is 32.4 Å². The number of rotatable bonds is 4. The van der Waals surface area contributed by atoms with E-state index in [0.717, 1.165) is 54.9 Å². The minimum Gasteiger partial charge on any atom is -0.343 e. The predicted octanol–water partition coefficient (Wildman–Crippen LogP) is 2.52. The summed E-state index contributed by atoms with van der Waals surface area (Å²) in [4.78, 5) is 22.5. The van der Waals surface area contributed by atoms with E-state index in [2.05, 4.69) is 27.4 Å². The molecule has 1 aliphatic rings. The molecule has 6 heteroatoms. The van der Waals surface area contributed by atoms with Crippen molar-refractivity contribution >= 4 is 16.9 Å². The lowest BCUT2D eigenvalue weighted by atomic mass is 10.0. The van der Waals surface area contributed by atoms with Crippen molar-refractivity contribution in [3.63, 3.8) is 0 Å². The molecule has 4 rings (SSSR count). The number of nitrogens with zero attached hydrogens (tertiary/aromatic N) is 4. The summed E-state index contributed by atoms with van der Waals surface area (Å²) in [7, 11) is 0. The number of aromatic nitrogens is 3. The second-order valence-corrected chi connectivity index (χ2v) is 6.75. The SMILES string of the molecule is CC(=O)N1CCC(NCc2cccnc2-n2cnc3ccccc32)CC1. The molecule has 0 atom stereocenters. The van der Waals surface area contributed by atoms with E-state index < -0.39 is 0 Å². The molecule has 3 heterocycles. The third kappa shape index (κ3) is 3.32. The maximum Gasteiger partial charge on any atom is 0.219 e. The summed E-state index contributed by atoms with van der Waals surface area (Å²) in [5, 5.41) is 3.64. The van der Waals surface area contributed by atoms with Gasteiger partial charge in [-0.05, 0) is 31.0 Å². The lowest BCUT2D eigenvalue weighted by Crippen LogP contribution is -2.44. The molecule has 1 aromatic carbocycles. The van der Waals surface area contributed by atoms with Crippen LogP contribution in [0.15, 0.2) is 48.9 Å². The lowest BCUT2D eigenvalue weighted by Gasteiger charge is -2.32. The topological polar surface area (TPSA) is 63.1 Å². The van der Waals surface area contributed by atoms with Gasteiger partial charge in [0.05, 0.1) is 11.0 Å². The minimum atomic E-state index is 0.171. The van der Waals surface area contributed by atoms with E-state index >= 15 is 0 Å². The number of hydrogen-bond acceptors (Lipinski definition) is 4. The highest BCUT2D eigenvalue weighted by Gasteiger charge is 2.20. The van der Waals surface area contributed by atoms with Crippen LogP contribution in [0.2, 0.25) is 0 Å². The zero-order chi connectivity index (χ0) is 17.9. The Morgan fingerprint density at radius 1 is 1.15 bits per heavy atom. The van der Waals surface area contributed by atoms with Crippen molar-refractivity contribution < 1.29 is 4.79 Å². The smallest absolute Gasteiger partial charge is 0.219 e. The average molecular weight is 349 g/mol. The Bertz CT molecular complexity index is 911. The van der Waals surface area contributed by atoms with Crippen LogP contribution in [0.5, 0.6) is 0 Å². The normalized spacial score (nSPS) is 15.5. The van der Waals surface area contributed by atoms with Crippen molar-refractivity contribution in [3.8, 4) is 5.82 Å². The van der Waals surface area contributed by atoms with Crippen LogP contribution in [0.25, 0.3) is 16.9 Å². The number of imidazole rings is 1. The fourth-order valence-electron chi connectivity index (χ4n) is 3.57. The predicted molar refractivity (Wildman–Crippen MR) is 101 cm³/mol. The highest BCUT2D eigenvalue weighted by molar-refractivity contribution is 5.77. The molecule has 6 nitrogen and oxygen atoms in total. The molecule has 0 aliphatic carbocycles. The van der Waals surface area contributed by atoms with Crippen LogP contribution in [-0.2, 0) is 11.3 Å². The summed E-state index contributed by atoms with van der Waals surface area (Å²) in [6, 6.07) is 12.6. The number of para-hydroxylation sites is 2. The Hall–Kier alpha value is -2.73. The molecule has 1 saturated heterocycles. The summed E-state index contributed by atoms with van der Waals surface area (Å²) in [6.45, 7) is 4.06. The van der Waals surface area contributed by atoms with Gasteiger partial charge in [-0.25, -0.2) is 9.97 Å². The lowest BCUT2D eigenvalue weighted by molar-refractivity contribution is -0.129. The highest BCUT2D eigenvalue weighted by atomic mass is 16.2. The molecule has 134 valence electrons. The van der Waals surface area contributed by atoms with Gasteiger partial charge in [0.15, 0.2) is 0 Å². The molecule has 26 heavy (non-hydrogen) atoms. The van der Waals surface area contributed by atoms with Crippen LogP contribution in [-0.4, -0.2) is 44.5 Å². The molecule has 1 amide bonds. The van der Waals surface area contributed by atoms with Crippen LogP contribution in [0.4, 0.5) is 0 Å². The first kappa shape index (κ1) is 16.7. The van der Waals surface area contributed by atoms with Crippen LogP contribution < -0.4 is 5.32 Å². The Morgan fingerprint density at radius 2 is 1.96 bits per heavy atom. The summed E-state index contributed by atoms with van der Waals surface area (Å²) >= 11 is 0. The number of hydrogen-bond donors (Lipinski definition) is 1. The number of likely N-dealkylation sites (tertiary alicyclic amines) is 1. The summed E-state index contributed by atoms with van der Waals surface area (Å²) in [6.07, 6.45) is 5.63. The first-order valence-corrected chi connectivity index (χ1v) is 9.07. The molecule has 0 bridgehead atoms. The zero-order valence-corrected chi connectivity index (χ0v) is 14.9. The van der Waals surface area contributed by atoms with E-state index in [1.165, 1.54) is 0 Å². The molecule has 0 radical (unpaired) electrons. The van der Waals surface area contributed by atoms with Crippen LogP contribution in [0, 0.1) is 0 Å². The van der Waals surface area contributed by atoms with Gasteiger partial charge in [0.1, 0.15) is 12.1 Å². The largest absolute Gasteiger partial charge is 0.343 e. The third-order valence-corrected chi connectivity index (χ3v) is 5.07. The number of carbonyl (C=O) groups is 1. The van der Waals surface area contributed by atoms with E-state index in [-0.39, 0.29) is 5.91 Å². The van der Waals surface area contributed by atoms with Crippen LogP contribution in [0.1, 0.15) is 25.3 Å². The zero-order valence-electron chi connectivity index (χ0n) is 14.9. The van der Waals surface area contributed by atoms with E-state index in [1.807, 2.05) is 46.3 Å². The molecular formula is C20H23N5O. The fraction of sp³-hybridized carbons (Fsp3) is 0.350. The van der Waals surface area contributed by atoms with Crippen molar-refractivity contribution in [1.29, 1.82) is 0 Å². The van der Waals surface area contributed by atoms with E-state index in [0.29, 0.717) is 6.04 Å². The molecule has 0 unspecified atom stereocenters. The molecule has 1 fully saturated rings. The van der Waals surface area contributed by atoms with Gasteiger partial charge in [0, 0.05) is 44.4 Å². The van der Waals surface area contributed by atoms with Crippen molar-refractivity contribution in [1.82, 2.24) is 24.8 Å². The molecule has 0 spiro atoms. The van der Waals surface area contributed by atoms with Gasteiger partial charge in [0.2, 0.25) is 5.91 Å². The summed E-state index contributed by atoms with van der Waals surface area (Å²) in [5.74, 6) is 1.08. The van der Waals surface area contributed by atoms with Gasteiger partial charge in [0.25, 0.3) is 0 Å². The van der Waals surface area contributed by atoms with Crippen molar-refractivity contribution in [2.24, 2.45) is 0 Å². The van der Waals surface area contributed by atoms with Crippen molar-refractivity contribution in [2.75, 3.05) is 13.1 Å². The minimum absolute atomic E-state index is 0.171. The monoisotopic (exact) mass is 349 g/mol. The molecule has 3 aromatic rings. The number of carbonyl (C=O) groups excluding carboxylic acids is 1. The first-order valence-electron chi connectivity index (χ1n) is 9.07. The number of piperidine rings is 1. The van der Waals surface area contributed by atoms with Gasteiger partial charge in [-0.3, -0.25) is 9.36 Å². The number of pyridine rings is 1. The number of nitrogens with one attached hydrogen (secondary N) is 1. The second kappa shape index (κ2) is 7.25. The number of amides is 1. The van der Waals surface area contributed by atoms with Gasteiger partial charge in [-0.15, -0.1) is 0 Å². The maximum absolute atomic E-state index is 11.5. The number of benzene rings is 1. The van der Waals surface area contributed by atoms with Gasteiger partial charge >= 0.3 is 0 Å². The fourth-order valence-corrected chi connectivity index (χ4v) is 3.57. The molecule has 0 saturated carbocycles. The van der Waals surface area contributed by atoms with E-state index in [9.17, 15) is 4.79 Å². The second-order valence-electron chi connectivity index (χ2n) is 6.75. The first-order chi connectivity index (χ1) is 12.7. The Labute approximate surface area is 152 Å². The standard InChI is InChI=1S/C20H23N5O/c1-15(26)24-11-8-17(9-12-24)22-13-16-5-4-10-21-20(16)25-14-23-18-6-2-3-7-19(18)25/h2-7,10,14,17,22H,8-9,11-13H2,1H3. The van der Waals surface area contributed by atoms with E-state index in [1.54, 1.807) is 6.92 Å². The third-order valence-electron chi connectivity index (χ3n) is 5.07.